The number of benzene rings is 2. The van der Waals surface area contributed by atoms with Crippen molar-refractivity contribution in [3.8, 4) is 5.75 Å². The first-order valence-corrected chi connectivity index (χ1v) is 11.3. The number of nitrogens with one attached hydrogen (secondary N) is 2. The van der Waals surface area contributed by atoms with Crippen molar-refractivity contribution in [2.24, 2.45) is 0 Å². The summed E-state index contributed by atoms with van der Waals surface area (Å²) in [6.45, 7) is 0.612. The molecule has 0 atom stereocenters. The van der Waals surface area contributed by atoms with E-state index in [0.717, 1.165) is 23.1 Å². The van der Waals surface area contributed by atoms with Crippen molar-refractivity contribution in [2.45, 2.75) is 31.9 Å². The molecule has 168 valence electrons. The van der Waals surface area contributed by atoms with Crippen molar-refractivity contribution in [3.63, 3.8) is 0 Å². The largest absolute Gasteiger partial charge is 0.484 e. The van der Waals surface area contributed by atoms with Gasteiger partial charge in [-0.15, -0.1) is 11.3 Å². The van der Waals surface area contributed by atoms with E-state index in [1.54, 1.807) is 12.1 Å². The molecule has 8 heteroatoms. The highest BCUT2D eigenvalue weighted by Gasteiger charge is 2.23. The van der Waals surface area contributed by atoms with Crippen LogP contribution >= 0.6 is 11.3 Å². The molecule has 2 aromatic carbocycles. The maximum absolute atomic E-state index is 14.3. The van der Waals surface area contributed by atoms with E-state index in [0.29, 0.717) is 40.6 Å². The summed E-state index contributed by atoms with van der Waals surface area (Å²) >= 11 is 1.27. The third kappa shape index (κ3) is 5.44. The SMILES string of the molecule is COCc1c(C(=O)NCCc2ccc(OCC(=O)NC3CC3)cc2)sc2cccc(F)c12. The van der Waals surface area contributed by atoms with Gasteiger partial charge in [0.25, 0.3) is 11.8 Å². The molecule has 0 unspecified atom stereocenters. The standard InChI is InChI=1S/C24H25FN2O4S/c1-30-13-18-22-19(25)3-2-4-20(22)32-23(18)24(29)26-12-11-15-5-9-17(10-6-15)31-14-21(28)27-16-7-8-16/h2-6,9-10,16H,7-8,11-14H2,1H3,(H,26,29)(H,27,28). The van der Waals surface area contributed by atoms with Crippen LogP contribution in [-0.4, -0.2) is 38.1 Å². The van der Waals surface area contributed by atoms with E-state index in [1.165, 1.54) is 24.5 Å². The molecule has 1 heterocycles. The molecule has 1 aliphatic rings. The Morgan fingerprint density at radius 2 is 1.94 bits per heavy atom. The molecule has 1 fully saturated rings. The second-order valence-corrected chi connectivity index (χ2v) is 8.79. The number of amides is 2. The lowest BCUT2D eigenvalue weighted by atomic mass is 10.1. The minimum atomic E-state index is -0.350. The summed E-state index contributed by atoms with van der Waals surface area (Å²) in [5.41, 5.74) is 1.61. The van der Waals surface area contributed by atoms with Gasteiger partial charge in [-0.2, -0.15) is 0 Å². The lowest BCUT2D eigenvalue weighted by Gasteiger charge is -2.09. The Labute approximate surface area is 189 Å². The van der Waals surface area contributed by atoms with Gasteiger partial charge in [0.15, 0.2) is 6.61 Å². The third-order valence-electron chi connectivity index (χ3n) is 5.19. The second-order valence-electron chi connectivity index (χ2n) is 7.74. The Kier molecular flexibility index (Phi) is 7.02. The van der Waals surface area contributed by atoms with Crippen molar-refractivity contribution in [1.82, 2.24) is 10.6 Å². The van der Waals surface area contributed by atoms with Gasteiger partial charge >= 0.3 is 0 Å². The van der Waals surface area contributed by atoms with E-state index >= 15 is 0 Å². The summed E-state index contributed by atoms with van der Waals surface area (Å²) in [4.78, 5) is 24.9. The molecule has 1 aromatic heterocycles. The van der Waals surface area contributed by atoms with Crippen LogP contribution in [-0.2, 0) is 22.6 Å². The number of carbonyl (C=O) groups is 2. The zero-order valence-electron chi connectivity index (χ0n) is 17.8. The molecule has 6 nitrogen and oxygen atoms in total. The van der Waals surface area contributed by atoms with Gasteiger partial charge in [-0.3, -0.25) is 9.59 Å². The maximum atomic E-state index is 14.3. The highest BCUT2D eigenvalue weighted by Crippen LogP contribution is 2.33. The number of fused-ring (bicyclic) bond motifs is 1. The Morgan fingerprint density at radius 3 is 2.66 bits per heavy atom. The van der Waals surface area contributed by atoms with E-state index in [9.17, 15) is 14.0 Å². The molecule has 3 aromatic rings. The van der Waals surface area contributed by atoms with Crippen molar-refractivity contribution < 1.29 is 23.5 Å². The number of hydrogen-bond acceptors (Lipinski definition) is 5. The summed E-state index contributed by atoms with van der Waals surface area (Å²) in [5, 5.41) is 6.24. The zero-order chi connectivity index (χ0) is 22.5. The minimum absolute atomic E-state index is 0.00543. The molecule has 32 heavy (non-hydrogen) atoms. The normalized spacial score (nSPS) is 13.2. The topological polar surface area (TPSA) is 76.7 Å². The fourth-order valence-corrected chi connectivity index (χ4v) is 4.57. The fraction of sp³-hybridized carbons (Fsp3) is 0.333. The van der Waals surface area contributed by atoms with E-state index < -0.39 is 0 Å². The molecule has 4 rings (SSSR count). The summed E-state index contributed by atoms with van der Waals surface area (Å²) in [6, 6.07) is 12.6. The van der Waals surface area contributed by atoms with Gasteiger partial charge in [-0.05, 0) is 49.1 Å². The van der Waals surface area contributed by atoms with Crippen molar-refractivity contribution in [3.05, 3.63) is 64.3 Å². The van der Waals surface area contributed by atoms with Crippen molar-refractivity contribution >= 4 is 33.2 Å². The van der Waals surface area contributed by atoms with Crippen LogP contribution in [0.5, 0.6) is 5.75 Å². The number of halogens is 1. The van der Waals surface area contributed by atoms with Gasteiger partial charge < -0.3 is 20.1 Å². The summed E-state index contributed by atoms with van der Waals surface area (Å²) in [5.74, 6) is -0.0649. The van der Waals surface area contributed by atoms with Gasteiger partial charge in [-0.1, -0.05) is 18.2 Å². The second kappa shape index (κ2) is 10.1. The van der Waals surface area contributed by atoms with Crippen LogP contribution < -0.4 is 15.4 Å². The van der Waals surface area contributed by atoms with Crippen LogP contribution in [0.15, 0.2) is 42.5 Å². The first-order chi connectivity index (χ1) is 15.5. The molecular weight excluding hydrogens is 431 g/mol. The van der Waals surface area contributed by atoms with Crippen LogP contribution in [0.25, 0.3) is 10.1 Å². The minimum Gasteiger partial charge on any atom is -0.484 e. The number of carbonyl (C=O) groups excluding carboxylic acids is 2. The van der Waals surface area contributed by atoms with Gasteiger partial charge in [-0.25, -0.2) is 4.39 Å². The molecule has 2 amide bonds. The highest BCUT2D eigenvalue weighted by molar-refractivity contribution is 7.21. The number of ether oxygens (including phenoxy) is 2. The molecule has 0 bridgehead atoms. The lowest BCUT2D eigenvalue weighted by molar-refractivity contribution is -0.123. The highest BCUT2D eigenvalue weighted by atomic mass is 32.1. The van der Waals surface area contributed by atoms with Crippen LogP contribution in [0.1, 0.15) is 33.6 Å². The Morgan fingerprint density at radius 1 is 1.16 bits per heavy atom. The average molecular weight is 457 g/mol. The summed E-state index contributed by atoms with van der Waals surface area (Å²) in [7, 11) is 1.53. The summed E-state index contributed by atoms with van der Waals surface area (Å²) < 4.78 is 25.7. The van der Waals surface area contributed by atoms with Crippen molar-refractivity contribution in [2.75, 3.05) is 20.3 Å². The number of rotatable bonds is 10. The lowest BCUT2D eigenvalue weighted by Crippen LogP contribution is -2.30. The molecule has 1 saturated carbocycles. The molecule has 0 spiro atoms. The first kappa shape index (κ1) is 22.2. The van der Waals surface area contributed by atoms with Crippen molar-refractivity contribution in [1.29, 1.82) is 0 Å². The Bertz CT molecular complexity index is 1110. The van der Waals surface area contributed by atoms with Gasteiger partial charge in [0, 0.05) is 35.3 Å². The monoisotopic (exact) mass is 456 g/mol. The maximum Gasteiger partial charge on any atom is 0.261 e. The molecule has 2 N–H and O–H groups in total. The van der Waals surface area contributed by atoms with Crippen LogP contribution in [0, 0.1) is 5.82 Å². The first-order valence-electron chi connectivity index (χ1n) is 10.5. The predicted molar refractivity (Wildman–Crippen MR) is 122 cm³/mol. The smallest absolute Gasteiger partial charge is 0.261 e. The third-order valence-corrected chi connectivity index (χ3v) is 6.39. The number of thiophene rings is 1. The van der Waals surface area contributed by atoms with Gasteiger partial charge in [0.2, 0.25) is 0 Å². The molecule has 1 aliphatic carbocycles. The van der Waals surface area contributed by atoms with E-state index in [2.05, 4.69) is 10.6 Å². The van der Waals surface area contributed by atoms with Gasteiger partial charge in [0.1, 0.15) is 11.6 Å². The Hall–Kier alpha value is -2.97. The molecule has 0 saturated heterocycles. The van der Waals surface area contributed by atoms with E-state index in [4.69, 9.17) is 9.47 Å². The van der Waals surface area contributed by atoms with Gasteiger partial charge in [0.05, 0.1) is 11.5 Å². The fourth-order valence-electron chi connectivity index (χ4n) is 3.43. The van der Waals surface area contributed by atoms with Crippen LogP contribution in [0.4, 0.5) is 4.39 Å². The van der Waals surface area contributed by atoms with Crippen LogP contribution in [0.3, 0.4) is 0 Å². The summed E-state index contributed by atoms with van der Waals surface area (Å²) in [6.07, 6.45) is 2.72. The van der Waals surface area contributed by atoms with E-state index in [1.807, 2.05) is 24.3 Å². The predicted octanol–water partition coefficient (Wildman–Crippen LogP) is 3.82. The average Bonchev–Trinajstić information content (AvgIpc) is 3.52. The molecule has 0 radical (unpaired) electrons. The van der Waals surface area contributed by atoms with E-state index in [-0.39, 0.29) is 30.8 Å². The Balaban J connectivity index is 1.30. The quantitative estimate of drug-likeness (QED) is 0.486. The number of methoxy groups -OCH3 is 1. The molecular formula is C24H25FN2O4S. The zero-order valence-corrected chi connectivity index (χ0v) is 18.6. The number of hydrogen-bond donors (Lipinski definition) is 2. The van der Waals surface area contributed by atoms with Crippen LogP contribution in [0.2, 0.25) is 0 Å². The molecule has 0 aliphatic heterocycles.